The van der Waals surface area contributed by atoms with Crippen LogP contribution in [0.4, 0.5) is 5.69 Å². The lowest BCUT2D eigenvalue weighted by Gasteiger charge is -1.95. The number of rotatable bonds is 2. The molecular weight excluding hydrogens is 347 g/mol. The van der Waals surface area contributed by atoms with Gasteiger partial charge in [-0.15, -0.1) is 0 Å². The Labute approximate surface area is 125 Å². The highest BCUT2D eigenvalue weighted by Crippen LogP contribution is 2.21. The minimum atomic E-state index is 0.977. The van der Waals surface area contributed by atoms with Crippen LogP contribution >= 0.6 is 22.6 Å². The largest absolute Gasteiger partial charge is 0.358 e. The van der Waals surface area contributed by atoms with Gasteiger partial charge in [0, 0.05) is 31.9 Å². The summed E-state index contributed by atoms with van der Waals surface area (Å²) in [5.41, 5.74) is 4.44. The molecule has 3 rings (SSSR count). The van der Waals surface area contributed by atoms with Crippen LogP contribution in [0.2, 0.25) is 0 Å². The highest BCUT2D eigenvalue weighted by atomic mass is 127. The topological polar surface area (TPSA) is 28.1 Å². The van der Waals surface area contributed by atoms with Gasteiger partial charge in [-0.1, -0.05) is 18.2 Å². The van der Waals surface area contributed by atoms with Crippen LogP contribution in [0.25, 0.3) is 10.9 Å². The lowest BCUT2D eigenvalue weighted by molar-refractivity contribution is 1.29. The van der Waals surface area contributed by atoms with Crippen molar-refractivity contribution >= 4 is 45.4 Å². The highest BCUT2D eigenvalue weighted by Gasteiger charge is 2.04. The summed E-state index contributed by atoms with van der Waals surface area (Å²) in [6.07, 6.45) is 1.94. The highest BCUT2D eigenvalue weighted by molar-refractivity contribution is 14.1. The molecule has 0 aliphatic rings. The molecule has 1 aromatic heterocycles. The molecule has 2 nitrogen and oxygen atoms in total. The van der Waals surface area contributed by atoms with Gasteiger partial charge in [0.1, 0.15) is 0 Å². The first kappa shape index (κ1) is 12.4. The van der Waals surface area contributed by atoms with E-state index in [4.69, 9.17) is 0 Å². The summed E-state index contributed by atoms with van der Waals surface area (Å²) in [5.74, 6) is 0. The van der Waals surface area contributed by atoms with E-state index in [1.54, 1.807) is 0 Å². The van der Waals surface area contributed by atoms with Crippen LogP contribution in [0.1, 0.15) is 11.3 Å². The maximum atomic E-state index is 4.55. The van der Waals surface area contributed by atoms with Crippen LogP contribution in [0.3, 0.4) is 0 Å². The number of fused-ring (bicyclic) bond motifs is 1. The van der Waals surface area contributed by atoms with Crippen molar-refractivity contribution in [2.45, 2.75) is 6.92 Å². The van der Waals surface area contributed by atoms with Gasteiger partial charge in [0.15, 0.2) is 0 Å². The molecule has 0 unspecified atom stereocenters. The minimum Gasteiger partial charge on any atom is -0.358 e. The van der Waals surface area contributed by atoms with Crippen molar-refractivity contribution in [3.8, 4) is 0 Å². The first-order valence-corrected chi connectivity index (χ1v) is 7.19. The average Bonchev–Trinajstić information content (AvgIpc) is 2.74. The van der Waals surface area contributed by atoms with E-state index >= 15 is 0 Å². The lowest BCUT2D eigenvalue weighted by atomic mass is 10.1. The summed E-state index contributed by atoms with van der Waals surface area (Å²) in [6, 6.07) is 16.5. The van der Waals surface area contributed by atoms with E-state index in [0.29, 0.717) is 0 Å². The molecule has 0 amide bonds. The van der Waals surface area contributed by atoms with Crippen LogP contribution in [0, 0.1) is 10.5 Å². The third-order valence-corrected chi connectivity index (χ3v) is 3.83. The fraction of sp³-hybridized carbons (Fsp3) is 0.0625. The maximum Gasteiger partial charge on any atom is 0.0630 e. The first-order chi connectivity index (χ1) is 9.24. The number of aryl methyl sites for hydroxylation is 1. The second-order valence-electron chi connectivity index (χ2n) is 4.44. The molecule has 3 aromatic rings. The summed E-state index contributed by atoms with van der Waals surface area (Å²) < 4.78 is 1.22. The maximum absolute atomic E-state index is 4.55. The SMILES string of the molecule is Cc1[nH]c2ccccc2c1C=Nc1ccc(I)cc1. The fourth-order valence-electron chi connectivity index (χ4n) is 2.13. The molecule has 1 heterocycles. The van der Waals surface area contributed by atoms with Gasteiger partial charge in [0.25, 0.3) is 0 Å². The lowest BCUT2D eigenvalue weighted by Crippen LogP contribution is -1.82. The number of hydrogen-bond donors (Lipinski definition) is 1. The number of H-pyrrole nitrogens is 1. The van der Waals surface area contributed by atoms with E-state index in [9.17, 15) is 0 Å². The van der Waals surface area contributed by atoms with Gasteiger partial charge in [-0.25, -0.2) is 0 Å². The number of aromatic amines is 1. The normalized spacial score (nSPS) is 11.5. The number of hydrogen-bond acceptors (Lipinski definition) is 1. The summed E-state index contributed by atoms with van der Waals surface area (Å²) in [5, 5.41) is 1.22. The molecule has 0 atom stereocenters. The van der Waals surface area contributed by atoms with Crippen molar-refractivity contribution in [1.29, 1.82) is 0 Å². The van der Waals surface area contributed by atoms with Crippen LogP contribution in [0.15, 0.2) is 53.5 Å². The second kappa shape index (κ2) is 5.17. The molecule has 0 fully saturated rings. The third-order valence-electron chi connectivity index (χ3n) is 3.11. The quantitative estimate of drug-likeness (QED) is 0.501. The number of aromatic nitrogens is 1. The number of nitrogens with one attached hydrogen (secondary N) is 1. The van der Waals surface area contributed by atoms with Crippen LogP contribution in [-0.2, 0) is 0 Å². The van der Waals surface area contributed by atoms with Gasteiger partial charge >= 0.3 is 0 Å². The van der Waals surface area contributed by atoms with E-state index in [1.165, 1.54) is 8.96 Å². The molecule has 1 N–H and O–H groups in total. The second-order valence-corrected chi connectivity index (χ2v) is 5.69. The Kier molecular flexibility index (Phi) is 3.38. The molecule has 0 saturated heterocycles. The predicted molar refractivity (Wildman–Crippen MR) is 89.4 cm³/mol. The van der Waals surface area contributed by atoms with Crippen molar-refractivity contribution in [2.24, 2.45) is 4.99 Å². The van der Waals surface area contributed by atoms with Crippen LogP contribution in [0.5, 0.6) is 0 Å². The Morgan fingerprint density at radius 3 is 2.58 bits per heavy atom. The molecule has 2 aromatic carbocycles. The molecule has 0 aliphatic heterocycles. The van der Waals surface area contributed by atoms with Crippen LogP contribution < -0.4 is 0 Å². The van der Waals surface area contributed by atoms with E-state index in [1.807, 2.05) is 24.4 Å². The Bertz CT molecular complexity index is 739. The van der Waals surface area contributed by atoms with Crippen molar-refractivity contribution in [3.63, 3.8) is 0 Å². The zero-order valence-corrected chi connectivity index (χ0v) is 12.7. The molecular formula is C16H13IN2. The average molecular weight is 360 g/mol. The summed E-state index contributed by atoms with van der Waals surface area (Å²) in [4.78, 5) is 7.93. The summed E-state index contributed by atoms with van der Waals surface area (Å²) in [6.45, 7) is 2.08. The number of halogens is 1. The minimum absolute atomic E-state index is 0.977. The van der Waals surface area contributed by atoms with Gasteiger partial charge in [-0.3, -0.25) is 4.99 Å². The smallest absolute Gasteiger partial charge is 0.0630 e. The van der Waals surface area contributed by atoms with Gasteiger partial charge < -0.3 is 4.98 Å². The standard InChI is InChI=1S/C16H13IN2/c1-11-15(14-4-2-3-5-16(14)19-11)10-18-13-8-6-12(17)7-9-13/h2-10,19H,1H3. The third kappa shape index (κ3) is 2.56. The zero-order chi connectivity index (χ0) is 13.2. The predicted octanol–water partition coefficient (Wildman–Crippen LogP) is 4.83. The molecule has 0 bridgehead atoms. The molecule has 0 saturated carbocycles. The molecule has 0 radical (unpaired) electrons. The molecule has 0 spiro atoms. The molecule has 3 heteroatoms. The van der Waals surface area contributed by atoms with E-state index in [0.717, 1.165) is 22.5 Å². The summed E-state index contributed by atoms with van der Waals surface area (Å²) in [7, 11) is 0. The Hall–Kier alpha value is -1.62. The fourth-order valence-corrected chi connectivity index (χ4v) is 2.49. The van der Waals surface area contributed by atoms with Crippen molar-refractivity contribution in [3.05, 3.63) is 63.4 Å². The van der Waals surface area contributed by atoms with E-state index < -0.39 is 0 Å². The Morgan fingerprint density at radius 1 is 1.05 bits per heavy atom. The van der Waals surface area contributed by atoms with Crippen molar-refractivity contribution in [2.75, 3.05) is 0 Å². The Balaban J connectivity index is 2.01. The van der Waals surface area contributed by atoms with Crippen molar-refractivity contribution < 1.29 is 0 Å². The molecule has 19 heavy (non-hydrogen) atoms. The zero-order valence-electron chi connectivity index (χ0n) is 10.5. The van der Waals surface area contributed by atoms with Crippen LogP contribution in [-0.4, -0.2) is 11.2 Å². The summed E-state index contributed by atoms with van der Waals surface area (Å²) >= 11 is 2.30. The Morgan fingerprint density at radius 2 is 1.79 bits per heavy atom. The monoisotopic (exact) mass is 360 g/mol. The number of nitrogens with zero attached hydrogens (tertiary/aromatic N) is 1. The van der Waals surface area contributed by atoms with Gasteiger partial charge in [0.2, 0.25) is 0 Å². The molecule has 94 valence electrons. The number of para-hydroxylation sites is 1. The molecule has 0 aliphatic carbocycles. The first-order valence-electron chi connectivity index (χ1n) is 6.11. The van der Waals surface area contributed by atoms with Gasteiger partial charge in [0.05, 0.1) is 5.69 Å². The van der Waals surface area contributed by atoms with E-state index in [-0.39, 0.29) is 0 Å². The van der Waals surface area contributed by atoms with E-state index in [2.05, 4.69) is 69.8 Å². The number of benzene rings is 2. The number of aliphatic imine (C=N–C) groups is 1. The van der Waals surface area contributed by atoms with Crippen molar-refractivity contribution in [1.82, 2.24) is 4.98 Å². The van der Waals surface area contributed by atoms with Gasteiger partial charge in [-0.2, -0.15) is 0 Å². The van der Waals surface area contributed by atoms with Gasteiger partial charge in [-0.05, 0) is 59.8 Å².